The lowest BCUT2D eigenvalue weighted by atomic mass is 10.0. The first-order valence-corrected chi connectivity index (χ1v) is 12.7. The minimum absolute atomic E-state index is 0.403. The van der Waals surface area contributed by atoms with Crippen LogP contribution in [-0.2, 0) is 19.6 Å². The predicted molar refractivity (Wildman–Crippen MR) is 152 cm³/mol. The van der Waals surface area contributed by atoms with E-state index in [4.69, 9.17) is 28.7 Å². The number of ether oxygens (including phenoxy) is 5. The lowest BCUT2D eigenvalue weighted by Crippen LogP contribution is -2.04. The van der Waals surface area contributed by atoms with E-state index in [0.29, 0.717) is 48.4 Å². The van der Waals surface area contributed by atoms with Gasteiger partial charge in [-0.3, -0.25) is 4.98 Å². The second-order valence-corrected chi connectivity index (χ2v) is 9.01. The Balaban J connectivity index is 1.57. The third kappa shape index (κ3) is 5.91. The van der Waals surface area contributed by atoms with Crippen molar-refractivity contribution in [3.05, 3.63) is 120 Å². The van der Waals surface area contributed by atoms with E-state index in [-0.39, 0.29) is 0 Å². The molecule has 0 saturated heterocycles. The summed E-state index contributed by atoms with van der Waals surface area (Å²) in [6, 6.07) is 30.1. The van der Waals surface area contributed by atoms with Crippen LogP contribution in [0, 0.1) is 0 Å². The van der Waals surface area contributed by atoms with Crippen LogP contribution < -0.4 is 23.7 Å². The van der Waals surface area contributed by atoms with Gasteiger partial charge in [0.2, 0.25) is 5.75 Å². The fourth-order valence-corrected chi connectivity index (χ4v) is 4.57. The summed E-state index contributed by atoms with van der Waals surface area (Å²) in [5, 5.41) is 1.93. The van der Waals surface area contributed by atoms with E-state index in [1.807, 2.05) is 97.2 Å². The summed E-state index contributed by atoms with van der Waals surface area (Å²) in [6.07, 6.45) is 2.35. The fraction of sp³-hybridized carbons (Fsp3) is 0.182. The topological polar surface area (TPSA) is 59.0 Å². The molecule has 0 spiro atoms. The van der Waals surface area contributed by atoms with Crippen LogP contribution in [0.5, 0.6) is 28.7 Å². The highest BCUT2D eigenvalue weighted by Crippen LogP contribution is 2.41. The van der Waals surface area contributed by atoms with Crippen LogP contribution in [0.3, 0.4) is 0 Å². The van der Waals surface area contributed by atoms with Crippen molar-refractivity contribution in [2.45, 2.75) is 19.6 Å². The van der Waals surface area contributed by atoms with Gasteiger partial charge in [-0.25, -0.2) is 0 Å². The second-order valence-electron chi connectivity index (χ2n) is 9.01. The molecule has 0 aliphatic carbocycles. The van der Waals surface area contributed by atoms with Crippen LogP contribution in [0.2, 0.25) is 0 Å². The van der Waals surface area contributed by atoms with Crippen LogP contribution >= 0.6 is 0 Å². The first kappa shape index (κ1) is 25.9. The summed E-state index contributed by atoms with van der Waals surface area (Å²) in [6.45, 7) is 0.830. The Kier molecular flexibility index (Phi) is 8.12. The lowest BCUT2D eigenvalue weighted by molar-refractivity contribution is 0.258. The van der Waals surface area contributed by atoms with Crippen molar-refractivity contribution in [3.63, 3.8) is 0 Å². The Hall–Kier alpha value is -4.71. The van der Waals surface area contributed by atoms with Gasteiger partial charge in [0.25, 0.3) is 0 Å². The van der Waals surface area contributed by atoms with Gasteiger partial charge in [0.15, 0.2) is 23.0 Å². The van der Waals surface area contributed by atoms with Gasteiger partial charge in [0.1, 0.15) is 13.2 Å². The van der Waals surface area contributed by atoms with Crippen molar-refractivity contribution in [2.24, 2.45) is 0 Å². The molecule has 5 rings (SSSR count). The van der Waals surface area contributed by atoms with Gasteiger partial charge in [-0.2, -0.15) is 0 Å². The maximum atomic E-state index is 6.50. The zero-order valence-corrected chi connectivity index (χ0v) is 22.3. The molecule has 1 heterocycles. The fourth-order valence-electron chi connectivity index (χ4n) is 4.57. The van der Waals surface area contributed by atoms with Crippen LogP contribution in [-0.4, -0.2) is 26.3 Å². The van der Waals surface area contributed by atoms with Crippen molar-refractivity contribution in [1.29, 1.82) is 0 Å². The van der Waals surface area contributed by atoms with Crippen LogP contribution in [0.4, 0.5) is 0 Å². The second kappa shape index (κ2) is 12.2. The van der Waals surface area contributed by atoms with Gasteiger partial charge in [-0.05, 0) is 46.3 Å². The molecule has 0 radical (unpaired) electrons. The predicted octanol–water partition coefficient (Wildman–Crippen LogP) is 7.01. The van der Waals surface area contributed by atoms with E-state index in [1.165, 1.54) is 0 Å². The molecule has 1 aromatic heterocycles. The van der Waals surface area contributed by atoms with Crippen LogP contribution in [0.15, 0.2) is 97.2 Å². The first-order valence-electron chi connectivity index (χ1n) is 12.7. The molecule has 0 aliphatic heterocycles. The minimum Gasteiger partial charge on any atom is -0.493 e. The largest absolute Gasteiger partial charge is 0.493 e. The Morgan fingerprint density at radius 3 is 1.77 bits per heavy atom. The molecule has 4 aromatic carbocycles. The van der Waals surface area contributed by atoms with Gasteiger partial charge in [-0.1, -0.05) is 66.7 Å². The maximum absolute atomic E-state index is 6.50. The Labute approximate surface area is 228 Å². The van der Waals surface area contributed by atoms with E-state index in [1.54, 1.807) is 21.3 Å². The normalized spacial score (nSPS) is 10.7. The summed E-state index contributed by atoms with van der Waals surface area (Å²) in [5.74, 6) is 3.08. The van der Waals surface area contributed by atoms with Gasteiger partial charge in [0.05, 0.1) is 27.0 Å². The molecule has 0 unspecified atom stereocenters. The zero-order chi connectivity index (χ0) is 27.0. The van der Waals surface area contributed by atoms with E-state index >= 15 is 0 Å². The molecule has 6 heteroatoms. The molecule has 0 fully saturated rings. The summed E-state index contributed by atoms with van der Waals surface area (Å²) < 4.78 is 29.5. The maximum Gasteiger partial charge on any atom is 0.203 e. The molecule has 0 atom stereocenters. The monoisotopic (exact) mass is 521 g/mol. The van der Waals surface area contributed by atoms with E-state index < -0.39 is 0 Å². The van der Waals surface area contributed by atoms with Gasteiger partial charge in [-0.15, -0.1) is 0 Å². The molecule has 39 heavy (non-hydrogen) atoms. The molecule has 0 N–H and O–H groups in total. The molecule has 6 nitrogen and oxygen atoms in total. The number of aromatic nitrogens is 1. The average Bonchev–Trinajstić information content (AvgIpc) is 2.99. The highest BCUT2D eigenvalue weighted by molar-refractivity contribution is 5.93. The minimum atomic E-state index is 0.403. The number of methoxy groups -OCH3 is 3. The molecule has 0 amide bonds. The molecule has 0 aliphatic rings. The van der Waals surface area contributed by atoms with Gasteiger partial charge < -0.3 is 23.7 Å². The van der Waals surface area contributed by atoms with Crippen molar-refractivity contribution in [2.75, 3.05) is 21.3 Å². The molecule has 0 saturated carbocycles. The summed E-state index contributed by atoms with van der Waals surface area (Å²) in [4.78, 5) is 4.78. The highest BCUT2D eigenvalue weighted by atomic mass is 16.5. The van der Waals surface area contributed by atoms with Gasteiger partial charge >= 0.3 is 0 Å². The summed E-state index contributed by atoms with van der Waals surface area (Å²) >= 11 is 0. The smallest absolute Gasteiger partial charge is 0.203 e. The summed E-state index contributed by atoms with van der Waals surface area (Å²) in [7, 11) is 4.83. The number of fused-ring (bicyclic) bond motifs is 1. The Morgan fingerprint density at radius 2 is 1.18 bits per heavy atom. The number of rotatable bonds is 11. The quantitative estimate of drug-likeness (QED) is 0.186. The molecule has 5 aromatic rings. The molecular formula is C33H31NO5. The zero-order valence-electron chi connectivity index (χ0n) is 22.3. The van der Waals surface area contributed by atoms with Crippen LogP contribution in [0.1, 0.15) is 22.4 Å². The first-order chi connectivity index (χ1) is 19.2. The number of hydrogen-bond donors (Lipinski definition) is 0. The number of hydrogen-bond acceptors (Lipinski definition) is 6. The lowest BCUT2D eigenvalue weighted by Gasteiger charge is -2.18. The standard InChI is InChI=1S/C33H31NO5/c1-35-29-19-25(20-30(36-2)32(29)37-3)18-27-31-26(16-17-34-27)14-15-28(38-21-23-10-6-4-7-11-23)33(31)39-22-24-12-8-5-9-13-24/h4-17,19-20H,18,21-22H2,1-3H3. The van der Waals surface area contributed by atoms with E-state index in [2.05, 4.69) is 0 Å². The van der Waals surface area contributed by atoms with Gasteiger partial charge in [0, 0.05) is 18.0 Å². The summed E-state index contributed by atoms with van der Waals surface area (Å²) in [5.41, 5.74) is 3.97. The molecule has 198 valence electrons. The van der Waals surface area contributed by atoms with Crippen molar-refractivity contribution in [1.82, 2.24) is 4.98 Å². The van der Waals surface area contributed by atoms with E-state index in [0.717, 1.165) is 33.2 Å². The Morgan fingerprint density at radius 1 is 0.564 bits per heavy atom. The van der Waals surface area contributed by atoms with E-state index in [9.17, 15) is 0 Å². The highest BCUT2D eigenvalue weighted by Gasteiger charge is 2.18. The molecular weight excluding hydrogens is 490 g/mol. The Bertz CT molecular complexity index is 1510. The SMILES string of the molecule is COc1cc(Cc2nccc3ccc(OCc4ccccc4)c(OCc4ccccc4)c23)cc(OC)c1OC. The van der Waals surface area contributed by atoms with Crippen molar-refractivity contribution < 1.29 is 23.7 Å². The third-order valence-electron chi connectivity index (χ3n) is 6.49. The number of benzene rings is 4. The number of pyridine rings is 1. The average molecular weight is 522 g/mol. The van der Waals surface area contributed by atoms with Crippen molar-refractivity contribution >= 4 is 10.8 Å². The number of nitrogens with zero attached hydrogens (tertiary/aromatic N) is 1. The van der Waals surface area contributed by atoms with Crippen molar-refractivity contribution in [3.8, 4) is 28.7 Å². The third-order valence-corrected chi connectivity index (χ3v) is 6.49. The van der Waals surface area contributed by atoms with Crippen LogP contribution in [0.25, 0.3) is 10.8 Å². The molecule has 0 bridgehead atoms.